The van der Waals surface area contributed by atoms with Crippen molar-refractivity contribution in [1.82, 2.24) is 45.5 Å². The summed E-state index contributed by atoms with van der Waals surface area (Å²) in [6.45, 7) is 1.17. The van der Waals surface area contributed by atoms with Gasteiger partial charge in [0.2, 0.25) is 29.5 Å². The lowest BCUT2D eigenvalue weighted by atomic mass is 9.81. The van der Waals surface area contributed by atoms with E-state index >= 15 is 4.39 Å². The largest absolute Gasteiger partial charge is 0.458 e. The molecule has 23 heteroatoms. The van der Waals surface area contributed by atoms with Crippen molar-refractivity contribution in [3.05, 3.63) is 127 Å². The number of hydrogen-bond acceptors (Lipinski definition) is 12. The minimum Gasteiger partial charge on any atom is -0.458 e. The molecule has 0 radical (unpaired) electrons. The van der Waals surface area contributed by atoms with E-state index in [1.807, 2.05) is 0 Å². The maximum absolute atomic E-state index is 15.4. The van der Waals surface area contributed by atoms with Gasteiger partial charge in [-0.05, 0) is 86.4 Å². The lowest BCUT2D eigenvalue weighted by molar-refractivity contribution is -0.172. The Labute approximate surface area is 412 Å². The highest BCUT2D eigenvalue weighted by Gasteiger charge is 2.46. The van der Waals surface area contributed by atoms with Gasteiger partial charge in [0.05, 0.1) is 73.7 Å². The zero-order chi connectivity index (χ0) is 49.9. The lowest BCUT2D eigenvalue weighted by Crippen LogP contribution is -2.52. The van der Waals surface area contributed by atoms with Gasteiger partial charge in [0, 0.05) is 29.0 Å². The smallest absolute Gasteiger partial charge is 0.343 e. The first-order valence-corrected chi connectivity index (χ1v) is 23.9. The fourth-order valence-electron chi connectivity index (χ4n) is 9.73. The van der Waals surface area contributed by atoms with E-state index in [9.17, 15) is 48.3 Å². The zero-order valence-electron chi connectivity index (χ0n) is 37.5. The molecular weight excluding hydrogens is 1050 g/mol. The number of rotatable bonds is 13. The van der Waals surface area contributed by atoms with E-state index in [-0.39, 0.29) is 59.2 Å². The minimum atomic E-state index is -2.06. The predicted molar refractivity (Wildman–Crippen MR) is 253 cm³/mol. The highest BCUT2D eigenvalue weighted by molar-refractivity contribution is 9.13. The van der Waals surface area contributed by atoms with E-state index in [4.69, 9.17) is 9.72 Å². The number of carbonyl (C=O) groups excluding carboxylic acids is 6. The summed E-state index contributed by atoms with van der Waals surface area (Å²) in [5, 5.41) is 25.1. The third-order valence-electron chi connectivity index (χ3n) is 13.4. The first-order valence-electron chi connectivity index (χ1n) is 22.3. The second-order valence-corrected chi connectivity index (χ2v) is 19.2. The molecule has 0 bridgehead atoms. The fourth-order valence-corrected chi connectivity index (χ4v) is 10.5. The van der Waals surface area contributed by atoms with Crippen molar-refractivity contribution in [3.63, 3.8) is 0 Å². The molecule has 5 aromatic rings. The number of fused-ring (bicyclic) bond motifs is 6. The van der Waals surface area contributed by atoms with Crippen LogP contribution in [0.1, 0.15) is 64.8 Å². The topological polar surface area (TPSA) is 271 Å². The Kier molecular flexibility index (Phi) is 12.9. The molecule has 5 amide bonds. The number of nitrogens with one attached hydrogen (secondary N) is 5. The van der Waals surface area contributed by atoms with E-state index in [0.717, 1.165) is 9.36 Å². The number of aryl methyl sites for hydroxylation is 1. The average Bonchev–Trinajstić information content (AvgIpc) is 3.97. The number of aromatic nitrogens is 4. The Morgan fingerprint density at radius 2 is 1.56 bits per heavy atom. The van der Waals surface area contributed by atoms with Crippen LogP contribution in [-0.4, -0.2) is 85.2 Å². The van der Waals surface area contributed by atoms with Crippen LogP contribution in [0.15, 0.2) is 65.8 Å². The van der Waals surface area contributed by atoms with Crippen molar-refractivity contribution < 1.29 is 43.0 Å². The predicted octanol–water partition coefficient (Wildman–Crippen LogP) is 0.885. The quantitative estimate of drug-likeness (QED) is 0.0881. The van der Waals surface area contributed by atoms with Gasteiger partial charge in [-0.2, -0.15) is 0 Å². The summed E-state index contributed by atoms with van der Waals surface area (Å²) in [5.74, 6) is -5.54. The molecule has 3 aliphatic heterocycles. The van der Waals surface area contributed by atoms with Gasteiger partial charge < -0.3 is 41.0 Å². The van der Waals surface area contributed by atoms with Crippen LogP contribution in [0.4, 0.5) is 4.39 Å². The molecule has 0 saturated carbocycles. The van der Waals surface area contributed by atoms with Crippen molar-refractivity contribution in [2.75, 3.05) is 19.6 Å². The summed E-state index contributed by atoms with van der Waals surface area (Å²) in [4.78, 5) is 123. The van der Waals surface area contributed by atoms with E-state index in [2.05, 4.69) is 58.4 Å². The van der Waals surface area contributed by atoms with Gasteiger partial charge in [0.25, 0.3) is 16.7 Å². The van der Waals surface area contributed by atoms with Crippen molar-refractivity contribution in [3.8, 4) is 11.4 Å². The monoisotopic (exact) mass is 1090 g/mol. The summed E-state index contributed by atoms with van der Waals surface area (Å²) in [5.41, 5.74) is 0.647. The molecule has 70 heavy (non-hydrogen) atoms. The number of pyridine rings is 2. The summed E-state index contributed by atoms with van der Waals surface area (Å²) < 4.78 is 24.4. The Hall–Kier alpha value is -6.85. The third-order valence-corrected chi connectivity index (χ3v) is 15.4. The molecule has 2 aromatic carbocycles. The van der Waals surface area contributed by atoms with E-state index in [1.54, 1.807) is 50.2 Å². The fraction of sp³-hybridized carbons (Fsp3) is 0.362. The molecule has 4 aliphatic rings. The minimum absolute atomic E-state index is 0.0167. The lowest BCUT2D eigenvalue weighted by Gasteiger charge is -2.31. The van der Waals surface area contributed by atoms with Gasteiger partial charge in [-0.15, -0.1) is 0 Å². The number of nitrogens with zero attached hydrogens (tertiary/aromatic N) is 4. The van der Waals surface area contributed by atoms with Gasteiger partial charge in [0.15, 0.2) is 5.60 Å². The number of ether oxygens (including phenoxy) is 1. The van der Waals surface area contributed by atoms with Crippen molar-refractivity contribution in [2.45, 2.75) is 83.5 Å². The second kappa shape index (κ2) is 18.8. The number of carbonyl (C=O) groups is 6. The first-order chi connectivity index (χ1) is 33.4. The van der Waals surface area contributed by atoms with Gasteiger partial charge in [-0.25, -0.2) is 23.5 Å². The molecule has 364 valence electrons. The number of aliphatic hydroxyl groups is 1. The number of benzene rings is 2. The van der Waals surface area contributed by atoms with Crippen molar-refractivity contribution in [1.29, 1.82) is 0 Å². The van der Waals surface area contributed by atoms with Crippen LogP contribution < -0.4 is 43.3 Å². The molecule has 0 fully saturated rings. The Balaban J connectivity index is 0.866. The van der Waals surface area contributed by atoms with E-state index in [1.165, 1.54) is 10.6 Å². The number of amides is 5. The number of halogens is 3. The SMILES string of the molecule is CC[C@@]1(O)C(=O)OCc2c1cc1n(c2=O)Cc2c-1nc1cc(F)c(C)c3c1c2[C@@H](NC(=O)CNC(=O)[C@H](Cc1ccccc1)NC(=O)CNC(=O)CNC(=O)C1Cn2c(=O)c(Br)c(Br)c(=O)n2C1)CC3. The Morgan fingerprint density at radius 3 is 2.24 bits per heavy atom. The summed E-state index contributed by atoms with van der Waals surface area (Å²) in [6.07, 6.45) is 0.666. The molecule has 0 spiro atoms. The second-order valence-electron chi connectivity index (χ2n) is 17.6. The van der Waals surface area contributed by atoms with Gasteiger partial charge in [-0.3, -0.25) is 38.4 Å². The highest BCUT2D eigenvalue weighted by atomic mass is 79.9. The van der Waals surface area contributed by atoms with Gasteiger partial charge in [0.1, 0.15) is 27.4 Å². The molecule has 20 nitrogen and oxygen atoms in total. The molecule has 3 aromatic heterocycles. The third kappa shape index (κ3) is 8.52. The summed E-state index contributed by atoms with van der Waals surface area (Å²) in [7, 11) is 0. The number of hydrogen-bond donors (Lipinski definition) is 6. The average molecular weight is 1090 g/mol. The van der Waals surface area contributed by atoms with Crippen LogP contribution in [0.5, 0.6) is 0 Å². The van der Waals surface area contributed by atoms with E-state index in [0.29, 0.717) is 62.9 Å². The number of cyclic esters (lactones) is 1. The first kappa shape index (κ1) is 48.2. The van der Waals surface area contributed by atoms with Gasteiger partial charge in [-0.1, -0.05) is 37.3 Å². The summed E-state index contributed by atoms with van der Waals surface area (Å²) >= 11 is 6.15. The summed E-state index contributed by atoms with van der Waals surface area (Å²) in [6, 6.07) is 9.75. The van der Waals surface area contributed by atoms with Crippen molar-refractivity contribution >= 4 is 78.3 Å². The molecule has 3 atom stereocenters. The van der Waals surface area contributed by atoms with Crippen LogP contribution in [0.25, 0.3) is 22.3 Å². The van der Waals surface area contributed by atoms with Crippen LogP contribution in [0, 0.1) is 18.7 Å². The van der Waals surface area contributed by atoms with Crippen LogP contribution in [-0.2, 0) is 78.2 Å². The molecule has 0 unspecified atom stereocenters. The standard InChI is InChI=1S/C47H44Br2FN9O11/c1-3-47(69)27-12-32-40-25(19-57(32)43(65)26(27)20-70-46(47)68)37-29(10-9-24-21(2)28(50)13-30(56-40)36(24)37)54-35(62)16-53-42(64)31(11-22-7-5-4-6-8-22)55-34(61)15-51-33(60)14-52-41(63)23-17-58-44(66)38(48)39(49)45(67)59(58)18-23/h4-8,12-13,23,29,31,69H,3,9-11,14-20H2,1-2H3,(H,51,60)(H,52,63)(H,53,64)(H,54,62)(H,55,61)/t29-,31-,47-/m0/s1. The molecule has 1 aliphatic carbocycles. The Bertz CT molecular complexity index is 3260. The maximum atomic E-state index is 15.4. The van der Waals surface area contributed by atoms with Crippen LogP contribution in [0.2, 0.25) is 0 Å². The molecule has 6 N–H and O–H groups in total. The Morgan fingerprint density at radius 1 is 0.886 bits per heavy atom. The molecule has 0 saturated heterocycles. The van der Waals surface area contributed by atoms with E-state index < -0.39 is 101 Å². The number of esters is 1. The zero-order valence-corrected chi connectivity index (χ0v) is 40.7. The van der Waals surface area contributed by atoms with Crippen LogP contribution in [0.3, 0.4) is 0 Å². The molecular formula is C47H44Br2FN9O11. The molecule has 6 heterocycles. The molecule has 9 rings (SSSR count). The van der Waals surface area contributed by atoms with Crippen LogP contribution >= 0.6 is 31.9 Å². The normalized spacial score (nSPS) is 17.9. The highest BCUT2D eigenvalue weighted by Crippen LogP contribution is 2.46. The van der Waals surface area contributed by atoms with Gasteiger partial charge >= 0.3 is 5.97 Å². The maximum Gasteiger partial charge on any atom is 0.343 e. The van der Waals surface area contributed by atoms with Crippen molar-refractivity contribution in [2.24, 2.45) is 5.92 Å².